The lowest BCUT2D eigenvalue weighted by Gasteiger charge is -2.10. The highest BCUT2D eigenvalue weighted by atomic mass is 16.3. The molecule has 5 aromatic heterocycles. The zero-order chi connectivity index (χ0) is 37.6. The monoisotopic (exact) mass is 741 g/mol. The molecule has 0 radical (unpaired) electrons. The first-order valence-electron chi connectivity index (χ1n) is 19.5. The molecule has 14 aromatic rings. The van der Waals surface area contributed by atoms with Crippen molar-refractivity contribution in [3.8, 4) is 17.2 Å². The van der Waals surface area contributed by atoms with E-state index in [0.29, 0.717) is 17.2 Å². The zero-order valence-electron chi connectivity index (χ0n) is 30.7. The minimum atomic E-state index is 0.525. The Morgan fingerprint density at radius 2 is 0.983 bits per heavy atom. The topological polar surface area (TPSA) is 70.1 Å². The van der Waals surface area contributed by atoms with Gasteiger partial charge in [0.15, 0.2) is 11.2 Å². The summed E-state index contributed by atoms with van der Waals surface area (Å²) in [6.07, 6.45) is 0. The molecular weight excluding hydrogens is 715 g/mol. The number of hydrogen-bond acceptors (Lipinski definition) is 5. The Morgan fingerprint density at radius 3 is 1.78 bits per heavy atom. The molecule has 6 heteroatoms. The molecule has 0 spiro atoms. The maximum absolute atomic E-state index is 6.94. The summed E-state index contributed by atoms with van der Waals surface area (Å²) in [6.45, 7) is 0. The second-order valence-electron chi connectivity index (χ2n) is 15.2. The average molecular weight is 742 g/mol. The van der Waals surface area contributed by atoms with Crippen LogP contribution in [0.15, 0.2) is 177 Å². The van der Waals surface area contributed by atoms with E-state index in [9.17, 15) is 0 Å². The first-order chi connectivity index (χ1) is 28.8. The van der Waals surface area contributed by atoms with E-state index in [1.54, 1.807) is 0 Å². The van der Waals surface area contributed by atoms with Crippen molar-refractivity contribution in [2.75, 3.05) is 0 Å². The van der Waals surface area contributed by atoms with Gasteiger partial charge in [-0.2, -0.15) is 0 Å². The predicted octanol–water partition coefficient (Wildman–Crippen LogP) is 14.4. The van der Waals surface area contributed by atoms with Gasteiger partial charge in [0.25, 0.3) is 0 Å². The van der Waals surface area contributed by atoms with Gasteiger partial charge in [0.1, 0.15) is 39.1 Å². The number of para-hydroxylation sites is 2. The van der Waals surface area contributed by atoms with Crippen LogP contribution in [0.5, 0.6) is 0 Å². The lowest BCUT2D eigenvalue weighted by atomic mass is 9.97. The number of aromatic nitrogens is 3. The Hall–Kier alpha value is -7.96. The Labute approximate surface area is 327 Å². The summed E-state index contributed by atoms with van der Waals surface area (Å²) in [5.41, 5.74) is 8.85. The van der Waals surface area contributed by atoms with Crippen molar-refractivity contribution in [2.24, 2.45) is 0 Å². The highest BCUT2D eigenvalue weighted by molar-refractivity contribution is 6.38. The van der Waals surface area contributed by atoms with Crippen molar-refractivity contribution in [1.29, 1.82) is 0 Å². The van der Waals surface area contributed by atoms with Crippen molar-refractivity contribution in [2.45, 2.75) is 0 Å². The van der Waals surface area contributed by atoms with E-state index in [0.717, 1.165) is 109 Å². The first kappa shape index (κ1) is 30.3. The molecule has 5 heterocycles. The molecule has 0 amide bonds. The van der Waals surface area contributed by atoms with Crippen molar-refractivity contribution in [3.05, 3.63) is 164 Å². The molecule has 0 aliphatic rings. The van der Waals surface area contributed by atoms with Gasteiger partial charge in [0.05, 0.1) is 5.52 Å². The molecule has 0 bridgehead atoms. The molecule has 0 aliphatic heterocycles. The van der Waals surface area contributed by atoms with Gasteiger partial charge in [-0.1, -0.05) is 121 Å². The second-order valence-corrected chi connectivity index (χ2v) is 15.2. The van der Waals surface area contributed by atoms with Gasteiger partial charge in [-0.3, -0.25) is 4.57 Å². The fourth-order valence-electron chi connectivity index (χ4n) is 9.71. The molecule has 9 aromatic carbocycles. The molecule has 6 nitrogen and oxygen atoms in total. The van der Waals surface area contributed by atoms with Crippen LogP contribution < -0.4 is 0 Å². The van der Waals surface area contributed by atoms with Crippen LogP contribution in [0.1, 0.15) is 0 Å². The number of rotatable bonds is 2. The molecular formula is C52H27N3O3. The van der Waals surface area contributed by atoms with Gasteiger partial charge >= 0.3 is 0 Å². The molecule has 0 fully saturated rings. The van der Waals surface area contributed by atoms with Crippen LogP contribution in [0.4, 0.5) is 0 Å². The van der Waals surface area contributed by atoms with Crippen molar-refractivity contribution >= 4 is 120 Å². The van der Waals surface area contributed by atoms with Crippen LogP contribution in [0.25, 0.3) is 137 Å². The Kier molecular flexibility index (Phi) is 5.68. The molecule has 0 saturated heterocycles. The summed E-state index contributed by atoms with van der Waals surface area (Å²) in [5.74, 6) is 0.525. The zero-order valence-corrected chi connectivity index (χ0v) is 30.7. The van der Waals surface area contributed by atoms with Crippen LogP contribution in [0.2, 0.25) is 0 Å². The predicted molar refractivity (Wildman–Crippen MR) is 236 cm³/mol. The number of nitrogens with zero attached hydrogens (tertiary/aromatic N) is 3. The molecule has 0 N–H and O–H groups in total. The third-order valence-corrected chi connectivity index (χ3v) is 12.2. The van der Waals surface area contributed by atoms with E-state index < -0.39 is 0 Å². The largest absolute Gasteiger partial charge is 0.456 e. The van der Waals surface area contributed by atoms with E-state index in [4.69, 9.17) is 23.2 Å². The van der Waals surface area contributed by atoms with Crippen molar-refractivity contribution < 1.29 is 13.3 Å². The third kappa shape index (κ3) is 3.86. The summed E-state index contributed by atoms with van der Waals surface area (Å²) in [6, 6.07) is 57.0. The number of benzene rings is 9. The Bertz CT molecular complexity index is 4110. The van der Waals surface area contributed by atoms with Gasteiger partial charge < -0.3 is 13.3 Å². The molecule has 0 unspecified atom stereocenters. The van der Waals surface area contributed by atoms with E-state index in [1.807, 2.05) is 30.3 Å². The van der Waals surface area contributed by atoms with E-state index >= 15 is 0 Å². The van der Waals surface area contributed by atoms with Gasteiger partial charge in [0.2, 0.25) is 5.95 Å². The smallest absolute Gasteiger partial charge is 0.236 e. The highest BCUT2D eigenvalue weighted by Crippen LogP contribution is 2.48. The fourth-order valence-corrected chi connectivity index (χ4v) is 9.71. The molecule has 58 heavy (non-hydrogen) atoms. The van der Waals surface area contributed by atoms with E-state index in [1.165, 1.54) is 10.8 Å². The molecule has 0 atom stereocenters. The quantitative estimate of drug-likeness (QED) is 0.176. The van der Waals surface area contributed by atoms with Crippen molar-refractivity contribution in [3.63, 3.8) is 0 Å². The van der Waals surface area contributed by atoms with Gasteiger partial charge in [-0.05, 0) is 74.8 Å². The van der Waals surface area contributed by atoms with Crippen LogP contribution >= 0.6 is 0 Å². The molecule has 14 rings (SSSR count). The van der Waals surface area contributed by atoms with Gasteiger partial charge in [0, 0.05) is 43.3 Å². The lowest BCUT2D eigenvalue weighted by molar-refractivity contribution is 0.665. The van der Waals surface area contributed by atoms with E-state index in [2.05, 4.69) is 138 Å². The maximum atomic E-state index is 6.94. The summed E-state index contributed by atoms with van der Waals surface area (Å²) in [7, 11) is 0. The fraction of sp³-hybridized carbons (Fsp3) is 0. The summed E-state index contributed by atoms with van der Waals surface area (Å²) >= 11 is 0. The van der Waals surface area contributed by atoms with Crippen LogP contribution in [0.3, 0.4) is 0 Å². The van der Waals surface area contributed by atoms with Crippen LogP contribution in [-0.2, 0) is 0 Å². The third-order valence-electron chi connectivity index (χ3n) is 12.2. The second kappa shape index (κ2) is 10.9. The molecule has 0 aliphatic carbocycles. The lowest BCUT2D eigenvalue weighted by Crippen LogP contribution is -2.03. The summed E-state index contributed by atoms with van der Waals surface area (Å²) in [4.78, 5) is 11.0. The van der Waals surface area contributed by atoms with Gasteiger partial charge in [-0.25, -0.2) is 9.97 Å². The van der Waals surface area contributed by atoms with Crippen LogP contribution in [0, 0.1) is 0 Å². The SMILES string of the molecule is c1ccc2c(c1)ccc1oc3cc(-c4nc(-n5c6ccc7ccccc7c6c6c7ccccc7c7c8ccccc8oc7c65)nc5c4oc4ccccc45)ccc3c12. The van der Waals surface area contributed by atoms with Crippen molar-refractivity contribution in [1.82, 2.24) is 14.5 Å². The average Bonchev–Trinajstić information content (AvgIpc) is 4.05. The number of furan rings is 3. The Balaban J connectivity index is 1.16. The normalized spacial score (nSPS) is 12.5. The number of hydrogen-bond donors (Lipinski definition) is 0. The minimum Gasteiger partial charge on any atom is -0.456 e. The summed E-state index contributed by atoms with van der Waals surface area (Å²) in [5, 5.41) is 14.4. The standard InChI is InChI=1S/C52H27N3O3/c1-3-13-31-29(12-1)23-26-41-43(31)36-24-21-30(27-42(36)56-41)47-51-48(37-18-8-10-20-40(37)58-51)54-52(53-47)55-38-25-22-28-11-2-4-14-32(28)45(38)46-34-16-6-5-15-33(34)44-35-17-7-9-19-39(35)57-50(44)49(46)55/h1-27H. The minimum absolute atomic E-state index is 0.525. The van der Waals surface area contributed by atoms with Gasteiger partial charge in [-0.15, -0.1) is 0 Å². The van der Waals surface area contributed by atoms with Crippen LogP contribution in [-0.4, -0.2) is 14.5 Å². The van der Waals surface area contributed by atoms with E-state index in [-0.39, 0.29) is 0 Å². The number of fused-ring (bicyclic) bond motifs is 20. The first-order valence-corrected chi connectivity index (χ1v) is 19.5. The summed E-state index contributed by atoms with van der Waals surface area (Å²) < 4.78 is 22.4. The highest BCUT2D eigenvalue weighted by Gasteiger charge is 2.27. The molecule has 268 valence electrons. The maximum Gasteiger partial charge on any atom is 0.236 e. The molecule has 0 saturated carbocycles. The Morgan fingerprint density at radius 1 is 0.379 bits per heavy atom.